The van der Waals surface area contributed by atoms with Gasteiger partial charge in [-0.1, -0.05) is 0 Å². The van der Waals surface area contributed by atoms with Crippen LogP contribution in [-0.2, 0) is 6.42 Å². The van der Waals surface area contributed by atoms with Gasteiger partial charge in [0.1, 0.15) is 6.07 Å². The SMILES string of the molecule is CN(CCc1ccncc1)c1ccc([N+](=O)[O-])cc1C#N. The van der Waals surface area contributed by atoms with Crippen molar-refractivity contribution in [2.24, 2.45) is 0 Å². The molecule has 0 saturated carbocycles. The number of hydrogen-bond donors (Lipinski definition) is 0. The molecule has 0 saturated heterocycles. The van der Waals surface area contributed by atoms with Crippen LogP contribution < -0.4 is 4.90 Å². The van der Waals surface area contributed by atoms with Gasteiger partial charge >= 0.3 is 0 Å². The number of aromatic nitrogens is 1. The molecule has 0 spiro atoms. The molecule has 106 valence electrons. The van der Waals surface area contributed by atoms with E-state index < -0.39 is 4.92 Å². The van der Waals surface area contributed by atoms with Crippen molar-refractivity contribution in [2.45, 2.75) is 6.42 Å². The molecule has 0 atom stereocenters. The molecule has 6 nitrogen and oxygen atoms in total. The van der Waals surface area contributed by atoms with Gasteiger partial charge in [0, 0.05) is 38.1 Å². The second-order valence-corrected chi connectivity index (χ2v) is 4.60. The Hall–Kier alpha value is -2.94. The van der Waals surface area contributed by atoms with Crippen molar-refractivity contribution in [3.05, 3.63) is 64.0 Å². The summed E-state index contributed by atoms with van der Waals surface area (Å²) in [6.45, 7) is 0.705. The van der Waals surface area contributed by atoms with Crippen LogP contribution in [0.4, 0.5) is 11.4 Å². The maximum atomic E-state index is 10.7. The number of benzene rings is 1. The minimum Gasteiger partial charge on any atom is -0.373 e. The summed E-state index contributed by atoms with van der Waals surface area (Å²) in [5.41, 5.74) is 2.08. The summed E-state index contributed by atoms with van der Waals surface area (Å²) in [6, 6.07) is 10.2. The summed E-state index contributed by atoms with van der Waals surface area (Å²) in [6.07, 6.45) is 4.28. The van der Waals surface area contributed by atoms with Crippen LogP contribution in [0.25, 0.3) is 0 Å². The van der Waals surface area contributed by atoms with Crippen LogP contribution in [-0.4, -0.2) is 23.5 Å². The molecule has 0 bridgehead atoms. The van der Waals surface area contributed by atoms with Crippen LogP contribution in [0.3, 0.4) is 0 Å². The molecule has 0 unspecified atom stereocenters. The van der Waals surface area contributed by atoms with E-state index in [2.05, 4.69) is 4.98 Å². The highest BCUT2D eigenvalue weighted by atomic mass is 16.6. The smallest absolute Gasteiger partial charge is 0.270 e. The lowest BCUT2D eigenvalue weighted by atomic mass is 10.1. The van der Waals surface area contributed by atoms with Gasteiger partial charge in [-0.3, -0.25) is 15.1 Å². The molecule has 0 N–H and O–H groups in total. The fraction of sp³-hybridized carbons (Fsp3) is 0.200. The number of likely N-dealkylation sites (N-methyl/N-ethyl adjacent to an activating group) is 1. The standard InChI is InChI=1S/C15H14N4O2/c1-18(9-6-12-4-7-17-8-5-12)15-3-2-14(19(20)21)10-13(15)11-16/h2-5,7-8,10H,6,9H2,1H3. The van der Waals surface area contributed by atoms with Gasteiger partial charge in [-0.15, -0.1) is 0 Å². The number of nitro groups is 1. The van der Waals surface area contributed by atoms with E-state index in [0.717, 1.165) is 12.0 Å². The Labute approximate surface area is 122 Å². The van der Waals surface area contributed by atoms with E-state index in [1.807, 2.05) is 30.1 Å². The number of nitriles is 1. The largest absolute Gasteiger partial charge is 0.373 e. The molecular weight excluding hydrogens is 268 g/mol. The van der Waals surface area contributed by atoms with Gasteiger partial charge in [-0.2, -0.15) is 5.26 Å². The average molecular weight is 282 g/mol. The summed E-state index contributed by atoms with van der Waals surface area (Å²) < 4.78 is 0. The van der Waals surface area contributed by atoms with Gasteiger partial charge in [0.15, 0.2) is 0 Å². The molecule has 1 aromatic heterocycles. The Morgan fingerprint density at radius 1 is 1.33 bits per heavy atom. The molecule has 2 rings (SSSR count). The normalized spacial score (nSPS) is 9.90. The third kappa shape index (κ3) is 3.54. The first-order chi connectivity index (χ1) is 10.1. The third-order valence-electron chi connectivity index (χ3n) is 3.21. The number of nitrogens with zero attached hydrogens (tertiary/aromatic N) is 4. The monoisotopic (exact) mass is 282 g/mol. The topological polar surface area (TPSA) is 83.1 Å². The lowest BCUT2D eigenvalue weighted by Crippen LogP contribution is -2.21. The predicted molar refractivity (Wildman–Crippen MR) is 79.0 cm³/mol. The van der Waals surface area contributed by atoms with Crippen molar-refractivity contribution in [2.75, 3.05) is 18.5 Å². The van der Waals surface area contributed by atoms with Crippen molar-refractivity contribution in [3.63, 3.8) is 0 Å². The third-order valence-corrected chi connectivity index (χ3v) is 3.21. The summed E-state index contributed by atoms with van der Waals surface area (Å²) in [5.74, 6) is 0. The number of anilines is 1. The summed E-state index contributed by atoms with van der Waals surface area (Å²) in [5, 5.41) is 19.9. The maximum Gasteiger partial charge on any atom is 0.270 e. The number of non-ortho nitro benzene ring substituents is 1. The summed E-state index contributed by atoms with van der Waals surface area (Å²) >= 11 is 0. The maximum absolute atomic E-state index is 10.7. The lowest BCUT2D eigenvalue weighted by molar-refractivity contribution is -0.384. The summed E-state index contributed by atoms with van der Waals surface area (Å²) in [4.78, 5) is 16.1. The molecule has 6 heteroatoms. The molecule has 0 aliphatic heterocycles. The van der Waals surface area contributed by atoms with Gasteiger partial charge in [-0.25, -0.2) is 0 Å². The van der Waals surface area contributed by atoms with Crippen LogP contribution in [0.1, 0.15) is 11.1 Å². The second kappa shape index (κ2) is 6.48. The van der Waals surface area contributed by atoms with E-state index in [4.69, 9.17) is 5.26 Å². The van der Waals surface area contributed by atoms with Crippen molar-refractivity contribution in [3.8, 4) is 6.07 Å². The second-order valence-electron chi connectivity index (χ2n) is 4.60. The van der Waals surface area contributed by atoms with Gasteiger partial charge < -0.3 is 4.90 Å². The van der Waals surface area contributed by atoms with Gasteiger partial charge in [0.2, 0.25) is 0 Å². The Kier molecular flexibility index (Phi) is 4.46. The van der Waals surface area contributed by atoms with E-state index in [-0.39, 0.29) is 5.69 Å². The number of pyridine rings is 1. The van der Waals surface area contributed by atoms with E-state index in [0.29, 0.717) is 17.8 Å². The Morgan fingerprint density at radius 3 is 2.67 bits per heavy atom. The minimum atomic E-state index is -0.498. The Morgan fingerprint density at radius 2 is 2.05 bits per heavy atom. The van der Waals surface area contributed by atoms with Gasteiger partial charge in [0.25, 0.3) is 5.69 Å². The van der Waals surface area contributed by atoms with Gasteiger partial charge in [0.05, 0.1) is 16.2 Å². The highest BCUT2D eigenvalue weighted by Gasteiger charge is 2.13. The van der Waals surface area contributed by atoms with Crippen LogP contribution in [0.2, 0.25) is 0 Å². The molecule has 21 heavy (non-hydrogen) atoms. The van der Waals surface area contributed by atoms with Crippen LogP contribution in [0.5, 0.6) is 0 Å². The lowest BCUT2D eigenvalue weighted by Gasteiger charge is -2.20. The first kappa shape index (κ1) is 14.5. The minimum absolute atomic E-state index is 0.0715. The number of rotatable bonds is 5. The van der Waals surface area contributed by atoms with Crippen molar-refractivity contribution < 1.29 is 4.92 Å². The van der Waals surface area contributed by atoms with Crippen molar-refractivity contribution in [1.82, 2.24) is 4.98 Å². The zero-order chi connectivity index (χ0) is 15.2. The molecule has 0 radical (unpaired) electrons. The van der Waals surface area contributed by atoms with Gasteiger partial charge in [-0.05, 0) is 30.2 Å². The highest BCUT2D eigenvalue weighted by Crippen LogP contribution is 2.24. The van der Waals surface area contributed by atoms with E-state index in [9.17, 15) is 10.1 Å². The molecule has 1 heterocycles. The molecular formula is C15H14N4O2. The first-order valence-electron chi connectivity index (χ1n) is 6.40. The van der Waals surface area contributed by atoms with Crippen molar-refractivity contribution in [1.29, 1.82) is 5.26 Å². The molecule has 2 aromatic rings. The van der Waals surface area contributed by atoms with E-state index in [1.54, 1.807) is 18.5 Å². The molecule has 0 fully saturated rings. The molecule has 0 aliphatic carbocycles. The summed E-state index contributed by atoms with van der Waals surface area (Å²) in [7, 11) is 1.86. The molecule has 0 aliphatic rings. The van der Waals surface area contributed by atoms with Crippen LogP contribution in [0.15, 0.2) is 42.7 Å². The fourth-order valence-electron chi connectivity index (χ4n) is 2.03. The quantitative estimate of drug-likeness (QED) is 0.621. The molecule has 0 amide bonds. The number of hydrogen-bond acceptors (Lipinski definition) is 5. The predicted octanol–water partition coefficient (Wildman–Crippen LogP) is 2.54. The van der Waals surface area contributed by atoms with Crippen LogP contribution in [0, 0.1) is 21.4 Å². The van der Waals surface area contributed by atoms with E-state index >= 15 is 0 Å². The zero-order valence-corrected chi connectivity index (χ0v) is 11.6. The van der Waals surface area contributed by atoms with Crippen LogP contribution >= 0.6 is 0 Å². The highest BCUT2D eigenvalue weighted by molar-refractivity contribution is 5.62. The zero-order valence-electron chi connectivity index (χ0n) is 11.6. The molecule has 1 aromatic carbocycles. The Balaban J connectivity index is 2.14. The van der Waals surface area contributed by atoms with E-state index in [1.165, 1.54) is 12.1 Å². The van der Waals surface area contributed by atoms with Crippen molar-refractivity contribution >= 4 is 11.4 Å². The first-order valence-corrected chi connectivity index (χ1v) is 6.40. The number of nitro benzene ring substituents is 1. The Bertz CT molecular complexity index is 680. The average Bonchev–Trinajstić information content (AvgIpc) is 2.52. The fourth-order valence-corrected chi connectivity index (χ4v) is 2.03.